The van der Waals surface area contributed by atoms with Gasteiger partial charge in [-0.15, -0.1) is 32.8 Å². The van der Waals surface area contributed by atoms with Crippen LogP contribution in [0.3, 0.4) is 0 Å². The Balaban J connectivity index is -0.0000000843. The van der Waals surface area contributed by atoms with Crippen molar-refractivity contribution in [3.05, 3.63) is 56.5 Å². The Labute approximate surface area is 144 Å². The smallest absolute Gasteiger partial charge is 0.854 e. The maximum atomic E-state index is 9.46. The van der Waals surface area contributed by atoms with Gasteiger partial charge in [0.25, 0.3) is 0 Å². The van der Waals surface area contributed by atoms with Crippen LogP contribution >= 0.6 is 0 Å². The van der Waals surface area contributed by atoms with Crippen LogP contribution in [-0.4, -0.2) is 13.2 Å². The fourth-order valence-electron chi connectivity index (χ4n) is 0.507. The third-order valence-corrected chi connectivity index (χ3v) is 1.58. The zero-order chi connectivity index (χ0) is 15.2. The van der Waals surface area contributed by atoms with Gasteiger partial charge in [0.2, 0.25) is 0 Å². The molecule has 1 rings (SSSR count). The molecule has 0 radical (unpaired) electrons. The van der Waals surface area contributed by atoms with E-state index in [0.29, 0.717) is 12.8 Å². The molecule has 0 N–H and O–H groups in total. The zero-order valence-corrected chi connectivity index (χ0v) is 16.4. The number of allylic oxidation sites excluding steroid dienone is 4. The molecule has 0 unspecified atom stereocenters. The van der Waals surface area contributed by atoms with E-state index in [1.807, 2.05) is 12.2 Å². The first-order chi connectivity index (χ1) is 9.24. The summed E-state index contributed by atoms with van der Waals surface area (Å²) in [5.41, 5.74) is 0. The molecule has 1 aliphatic rings. The van der Waals surface area contributed by atoms with Crippen LogP contribution in [0.5, 0.6) is 0 Å². The summed E-state index contributed by atoms with van der Waals surface area (Å²) in [6.45, 7) is 12.4. The van der Waals surface area contributed by atoms with E-state index < -0.39 is 0 Å². The molecule has 112 valence electrons. The monoisotopic (exact) mass is 444 g/mol. The summed E-state index contributed by atoms with van der Waals surface area (Å²) in [6, 6.07) is 0. The average molecular weight is 443 g/mol. The van der Waals surface area contributed by atoms with Crippen LogP contribution in [0.4, 0.5) is 0 Å². The molecule has 2 nitrogen and oxygen atoms in total. The minimum atomic E-state index is -0.0243. The summed E-state index contributed by atoms with van der Waals surface area (Å²) >= 11 is 0. The van der Waals surface area contributed by atoms with Crippen molar-refractivity contribution in [2.45, 2.75) is 39.0 Å². The molecular formula is C17H28HfO2. The van der Waals surface area contributed by atoms with E-state index in [-0.39, 0.29) is 39.1 Å². The fourth-order valence-corrected chi connectivity index (χ4v) is 0.507. The van der Waals surface area contributed by atoms with Crippen LogP contribution in [0.2, 0.25) is 0 Å². The molecule has 0 atom stereocenters. The van der Waals surface area contributed by atoms with Crippen molar-refractivity contribution >= 4 is 0 Å². The van der Waals surface area contributed by atoms with Crippen molar-refractivity contribution < 1.29 is 36.1 Å². The van der Waals surface area contributed by atoms with Crippen molar-refractivity contribution in [3.8, 4) is 0 Å². The first kappa shape index (κ1) is 28.0. The van der Waals surface area contributed by atoms with E-state index in [0.717, 1.165) is 12.8 Å². The second-order valence-electron chi connectivity index (χ2n) is 3.42. The van der Waals surface area contributed by atoms with Gasteiger partial charge in [-0.1, -0.05) is 38.3 Å². The summed E-state index contributed by atoms with van der Waals surface area (Å²) in [5, 5.41) is 18.9. The van der Waals surface area contributed by atoms with Gasteiger partial charge in [0.05, 0.1) is 0 Å². The van der Waals surface area contributed by atoms with Crippen molar-refractivity contribution in [2.75, 3.05) is 13.2 Å². The summed E-state index contributed by atoms with van der Waals surface area (Å²) in [5.74, 6) is 0. The number of rotatable bonds is 5. The van der Waals surface area contributed by atoms with Gasteiger partial charge in [-0.3, -0.25) is 6.08 Å². The largest absolute Gasteiger partial charge is 4.00 e. The summed E-state index contributed by atoms with van der Waals surface area (Å²) in [6.07, 6.45) is 16.7. The Hall–Kier alpha value is -0.250. The molecule has 0 saturated carbocycles. The molecule has 1 aliphatic carbocycles. The second-order valence-corrected chi connectivity index (χ2v) is 3.42. The molecular weight excluding hydrogens is 415 g/mol. The van der Waals surface area contributed by atoms with Crippen LogP contribution in [0.1, 0.15) is 39.0 Å². The molecule has 0 aromatic rings. The summed E-state index contributed by atoms with van der Waals surface area (Å²) in [4.78, 5) is 0. The number of hydrogen-bond donors (Lipinski definition) is 0. The van der Waals surface area contributed by atoms with Gasteiger partial charge < -0.3 is 17.1 Å². The molecule has 0 aliphatic heterocycles. The molecule has 3 heteroatoms. The standard InChI is InChI=1S/C5H5.2C4H7O.C4H9.Hf/c1-2-4-5-3-1;2*1-2-3-4-5;1-3-4-2;/h1-3H,4H2;2*2H,1,3-4H2;1,3-4H2,2H3;/q4*-1;+4. The van der Waals surface area contributed by atoms with E-state index in [9.17, 15) is 10.2 Å². The molecule has 20 heavy (non-hydrogen) atoms. The first-order valence-electron chi connectivity index (χ1n) is 6.63. The predicted molar refractivity (Wildman–Crippen MR) is 81.2 cm³/mol. The molecule has 0 fully saturated rings. The van der Waals surface area contributed by atoms with Gasteiger partial charge in [-0.2, -0.15) is 12.5 Å². The van der Waals surface area contributed by atoms with Gasteiger partial charge in [-0.25, -0.2) is 12.2 Å². The predicted octanol–water partition coefficient (Wildman–Crippen LogP) is 2.77. The van der Waals surface area contributed by atoms with Gasteiger partial charge in [0.1, 0.15) is 0 Å². The molecule has 0 aromatic carbocycles. The second kappa shape index (κ2) is 36.3. The number of unbranched alkanes of at least 4 members (excludes halogenated alkanes) is 1. The Morgan fingerprint density at radius 3 is 1.70 bits per heavy atom. The molecule has 0 aromatic heterocycles. The van der Waals surface area contributed by atoms with Crippen LogP contribution in [-0.2, 0) is 25.8 Å². The molecule has 0 spiro atoms. The Morgan fingerprint density at radius 1 is 1.20 bits per heavy atom. The maximum absolute atomic E-state index is 9.46. The Bertz CT molecular complexity index is 189. The summed E-state index contributed by atoms with van der Waals surface area (Å²) in [7, 11) is 0. The van der Waals surface area contributed by atoms with Crippen LogP contribution in [0, 0.1) is 13.0 Å². The summed E-state index contributed by atoms with van der Waals surface area (Å²) < 4.78 is 0. The molecule has 0 bridgehead atoms. The molecule has 0 heterocycles. The third kappa shape index (κ3) is 52.4. The van der Waals surface area contributed by atoms with Crippen LogP contribution in [0.15, 0.2) is 43.5 Å². The van der Waals surface area contributed by atoms with Gasteiger partial charge in [0, 0.05) is 0 Å². The maximum Gasteiger partial charge on any atom is 4.00 e. The minimum Gasteiger partial charge on any atom is -0.854 e. The first-order valence-corrected chi connectivity index (χ1v) is 6.63. The quantitative estimate of drug-likeness (QED) is 0.373. The number of hydrogen-bond acceptors (Lipinski definition) is 2. The molecule has 0 saturated heterocycles. The normalized spacial score (nSPS) is 9.60. The van der Waals surface area contributed by atoms with Gasteiger partial charge in [0.15, 0.2) is 0 Å². The van der Waals surface area contributed by atoms with E-state index in [1.54, 1.807) is 12.2 Å². The van der Waals surface area contributed by atoms with Gasteiger partial charge >= 0.3 is 25.8 Å². The van der Waals surface area contributed by atoms with E-state index in [1.165, 1.54) is 6.42 Å². The van der Waals surface area contributed by atoms with E-state index in [4.69, 9.17) is 0 Å². The van der Waals surface area contributed by atoms with Crippen molar-refractivity contribution in [2.24, 2.45) is 0 Å². The van der Waals surface area contributed by atoms with Crippen LogP contribution < -0.4 is 10.2 Å². The van der Waals surface area contributed by atoms with Gasteiger partial charge in [-0.05, 0) is 0 Å². The van der Waals surface area contributed by atoms with Crippen molar-refractivity contribution in [1.29, 1.82) is 0 Å². The van der Waals surface area contributed by atoms with E-state index >= 15 is 0 Å². The molecule has 0 amide bonds. The third-order valence-electron chi connectivity index (χ3n) is 1.58. The van der Waals surface area contributed by atoms with Crippen LogP contribution in [0.25, 0.3) is 0 Å². The topological polar surface area (TPSA) is 46.1 Å². The van der Waals surface area contributed by atoms with Crippen molar-refractivity contribution in [3.63, 3.8) is 0 Å². The Morgan fingerprint density at radius 2 is 1.65 bits per heavy atom. The van der Waals surface area contributed by atoms with Crippen molar-refractivity contribution in [1.82, 2.24) is 0 Å². The Kier molecular flexibility index (Phi) is 50.9. The zero-order valence-electron chi connectivity index (χ0n) is 12.8. The SMILES string of the molecule is C=CCC[O-].C=CCC[O-].[C-]1=CC=CC1.[CH2-]CCC.[Hf+4]. The van der Waals surface area contributed by atoms with E-state index in [2.05, 4.69) is 39.2 Å². The fraction of sp³-hybridized carbons (Fsp3) is 0.471. The average Bonchev–Trinajstić information content (AvgIpc) is 3.01. The minimum absolute atomic E-state index is 0.